The van der Waals surface area contributed by atoms with E-state index in [9.17, 15) is 9.59 Å². The maximum Gasteiger partial charge on any atom is 0.343 e. The summed E-state index contributed by atoms with van der Waals surface area (Å²) in [6, 6.07) is 1.44. The fourth-order valence-corrected chi connectivity index (χ4v) is 3.74. The topological polar surface area (TPSA) is 66.8 Å². The monoisotopic (exact) mass is 393 g/mol. The molecule has 1 aliphatic carbocycles. The summed E-state index contributed by atoms with van der Waals surface area (Å²) in [5.74, 6) is 0.903. The van der Waals surface area contributed by atoms with Crippen molar-refractivity contribution in [2.45, 2.75) is 38.6 Å². The zero-order chi connectivity index (χ0) is 19.7. The third kappa shape index (κ3) is 3.63. The minimum absolute atomic E-state index is 0.0293. The molecule has 3 rings (SSSR count). The molecule has 0 radical (unpaired) electrons. The number of rotatable bonds is 4. The van der Waals surface area contributed by atoms with E-state index in [2.05, 4.69) is 13.8 Å². The molecule has 0 aromatic carbocycles. The predicted molar refractivity (Wildman–Crippen MR) is 103 cm³/mol. The van der Waals surface area contributed by atoms with Gasteiger partial charge in [-0.1, -0.05) is 13.8 Å². The molecule has 1 aliphatic heterocycles. The van der Waals surface area contributed by atoms with Crippen molar-refractivity contribution < 1.29 is 19.0 Å². The van der Waals surface area contributed by atoms with Crippen molar-refractivity contribution in [3.63, 3.8) is 0 Å². The minimum atomic E-state index is -0.611. The van der Waals surface area contributed by atoms with Crippen molar-refractivity contribution in [1.29, 1.82) is 0 Å². The van der Waals surface area contributed by atoms with E-state index in [1.807, 2.05) is 4.57 Å². The quantitative estimate of drug-likeness (QED) is 0.578. The van der Waals surface area contributed by atoms with E-state index in [0.29, 0.717) is 24.5 Å². The lowest BCUT2D eigenvalue weighted by Crippen LogP contribution is -2.27. The van der Waals surface area contributed by atoms with E-state index >= 15 is 0 Å². The third-order valence-corrected chi connectivity index (χ3v) is 5.29. The second-order valence-corrected chi connectivity index (χ2v) is 7.48. The van der Waals surface area contributed by atoms with Gasteiger partial charge < -0.3 is 18.8 Å². The van der Waals surface area contributed by atoms with Crippen LogP contribution in [0.1, 0.15) is 49.3 Å². The van der Waals surface area contributed by atoms with Crippen LogP contribution < -0.4 is 5.43 Å². The van der Waals surface area contributed by atoms with Gasteiger partial charge in [-0.2, -0.15) is 0 Å². The summed E-state index contributed by atoms with van der Waals surface area (Å²) in [6.07, 6.45) is 3.85. The molecular weight excluding hydrogens is 370 g/mol. The molecule has 2 unspecified atom stereocenters. The lowest BCUT2D eigenvalue weighted by molar-refractivity contribution is 0.0522. The van der Waals surface area contributed by atoms with Gasteiger partial charge in [0, 0.05) is 30.3 Å². The van der Waals surface area contributed by atoms with Gasteiger partial charge in [0.05, 0.1) is 30.8 Å². The molecule has 0 saturated carbocycles. The van der Waals surface area contributed by atoms with E-state index in [4.69, 9.17) is 25.8 Å². The second-order valence-electron chi connectivity index (χ2n) is 6.95. The Bertz CT molecular complexity index is 868. The molecule has 7 heteroatoms. The van der Waals surface area contributed by atoms with Crippen LogP contribution in [0.3, 0.4) is 0 Å². The predicted octanol–water partition coefficient (Wildman–Crippen LogP) is 3.50. The fourth-order valence-electron chi connectivity index (χ4n) is 3.43. The van der Waals surface area contributed by atoms with Crippen molar-refractivity contribution in [2.75, 3.05) is 20.3 Å². The lowest BCUT2D eigenvalue weighted by Gasteiger charge is -2.25. The summed E-state index contributed by atoms with van der Waals surface area (Å²) >= 11 is 6.44. The molecular formula is C20H24ClNO5. The highest BCUT2D eigenvalue weighted by Gasteiger charge is 2.32. The van der Waals surface area contributed by atoms with Crippen LogP contribution in [0.4, 0.5) is 0 Å². The SMILES string of the molecule is CCOC(=O)c1cn2c(cc1=O)C1=C(C=C(OC)C(Cl)C1)OCC2C(C)C. The number of hydrogen-bond acceptors (Lipinski definition) is 5. The molecule has 2 heterocycles. The first-order chi connectivity index (χ1) is 12.9. The Morgan fingerprint density at radius 1 is 1.44 bits per heavy atom. The summed E-state index contributed by atoms with van der Waals surface area (Å²) < 4.78 is 18.4. The molecule has 1 aromatic rings. The molecule has 0 N–H and O–H groups in total. The normalized spacial score (nSPS) is 21.6. The van der Waals surface area contributed by atoms with E-state index in [1.165, 1.54) is 6.07 Å². The molecule has 27 heavy (non-hydrogen) atoms. The van der Waals surface area contributed by atoms with Gasteiger partial charge in [-0.25, -0.2) is 4.79 Å². The first-order valence-electron chi connectivity index (χ1n) is 9.06. The number of carbonyl (C=O) groups excluding carboxylic acids is 1. The van der Waals surface area contributed by atoms with Crippen LogP contribution in [-0.4, -0.2) is 36.2 Å². The molecule has 0 bridgehead atoms. The zero-order valence-electron chi connectivity index (χ0n) is 16.0. The summed E-state index contributed by atoms with van der Waals surface area (Å²) in [5, 5.41) is -0.346. The molecule has 146 valence electrons. The van der Waals surface area contributed by atoms with Gasteiger partial charge in [-0.15, -0.1) is 11.6 Å². The summed E-state index contributed by atoms with van der Waals surface area (Å²) in [7, 11) is 1.57. The number of aromatic nitrogens is 1. The molecule has 2 aliphatic rings. The molecule has 2 atom stereocenters. The average molecular weight is 394 g/mol. The first-order valence-corrected chi connectivity index (χ1v) is 9.50. The smallest absolute Gasteiger partial charge is 0.343 e. The maximum atomic E-state index is 12.6. The second kappa shape index (κ2) is 7.80. The van der Waals surface area contributed by atoms with Crippen molar-refractivity contribution in [3.05, 3.63) is 51.3 Å². The molecule has 1 aromatic heterocycles. The molecule has 0 fully saturated rings. The highest BCUT2D eigenvalue weighted by atomic mass is 35.5. The van der Waals surface area contributed by atoms with E-state index in [0.717, 1.165) is 11.3 Å². The Balaban J connectivity index is 2.20. The van der Waals surface area contributed by atoms with Crippen molar-refractivity contribution in [1.82, 2.24) is 4.57 Å². The molecule has 0 amide bonds. The Hall–Kier alpha value is -2.21. The van der Waals surface area contributed by atoms with E-state index < -0.39 is 5.97 Å². The van der Waals surface area contributed by atoms with Gasteiger partial charge in [-0.05, 0) is 12.8 Å². The van der Waals surface area contributed by atoms with Crippen LogP contribution in [0.5, 0.6) is 0 Å². The van der Waals surface area contributed by atoms with Crippen LogP contribution in [0.2, 0.25) is 0 Å². The summed E-state index contributed by atoms with van der Waals surface area (Å²) in [6.45, 7) is 6.49. The van der Waals surface area contributed by atoms with E-state index in [-0.39, 0.29) is 34.9 Å². The Morgan fingerprint density at radius 2 is 2.19 bits per heavy atom. The van der Waals surface area contributed by atoms with E-state index in [1.54, 1.807) is 26.3 Å². The lowest BCUT2D eigenvalue weighted by atomic mass is 9.96. The van der Waals surface area contributed by atoms with Gasteiger partial charge in [0.2, 0.25) is 0 Å². The van der Waals surface area contributed by atoms with Gasteiger partial charge >= 0.3 is 5.97 Å². The minimum Gasteiger partial charge on any atom is -0.499 e. The Morgan fingerprint density at radius 3 is 2.81 bits per heavy atom. The Labute approximate surface area is 163 Å². The number of allylic oxidation sites excluding steroid dienone is 3. The molecule has 6 nitrogen and oxygen atoms in total. The van der Waals surface area contributed by atoms with Gasteiger partial charge in [0.1, 0.15) is 23.7 Å². The third-order valence-electron chi connectivity index (χ3n) is 4.92. The highest BCUT2D eigenvalue weighted by Crippen LogP contribution is 2.39. The number of methoxy groups -OCH3 is 1. The van der Waals surface area contributed by atoms with Crippen LogP contribution in [-0.2, 0) is 14.2 Å². The van der Waals surface area contributed by atoms with Crippen LogP contribution >= 0.6 is 11.6 Å². The van der Waals surface area contributed by atoms with Crippen LogP contribution in [0, 0.1) is 5.92 Å². The number of carbonyl (C=O) groups is 1. The fraction of sp³-hybridized carbons (Fsp3) is 0.500. The summed E-state index contributed by atoms with van der Waals surface area (Å²) in [5.41, 5.74) is 1.22. The number of esters is 1. The molecule has 0 saturated heterocycles. The largest absolute Gasteiger partial charge is 0.499 e. The number of fused-ring (bicyclic) bond motifs is 2. The van der Waals surface area contributed by atoms with Crippen molar-refractivity contribution >= 4 is 23.1 Å². The number of ether oxygens (including phenoxy) is 3. The maximum absolute atomic E-state index is 12.6. The standard InChI is InChI=1S/C20H24ClNO5/c1-5-26-20(24)13-9-22-15(7-17(13)23)12-6-14(21)19(25-4)8-18(12)27-10-16(22)11(2)3/h7-9,11,14,16H,5-6,10H2,1-4H3. The first kappa shape index (κ1) is 19.5. The molecule has 0 spiro atoms. The van der Waals surface area contributed by atoms with Crippen molar-refractivity contribution in [2.24, 2.45) is 5.92 Å². The van der Waals surface area contributed by atoms with Crippen LogP contribution in [0.15, 0.2) is 34.7 Å². The Kier molecular flexibility index (Phi) is 5.65. The highest BCUT2D eigenvalue weighted by molar-refractivity contribution is 6.23. The van der Waals surface area contributed by atoms with Crippen molar-refractivity contribution in [3.8, 4) is 0 Å². The van der Waals surface area contributed by atoms with Gasteiger partial charge in [0.15, 0.2) is 5.43 Å². The van der Waals surface area contributed by atoms with Crippen LogP contribution in [0.25, 0.3) is 5.57 Å². The number of pyridine rings is 1. The van der Waals surface area contributed by atoms with Gasteiger partial charge in [0.25, 0.3) is 0 Å². The van der Waals surface area contributed by atoms with Gasteiger partial charge in [-0.3, -0.25) is 4.79 Å². The number of hydrogen-bond donors (Lipinski definition) is 0. The number of nitrogens with zero attached hydrogens (tertiary/aromatic N) is 1. The zero-order valence-corrected chi connectivity index (χ0v) is 16.7. The number of alkyl halides is 1. The number of halogens is 1. The summed E-state index contributed by atoms with van der Waals surface area (Å²) in [4.78, 5) is 24.8. The average Bonchev–Trinajstić information content (AvgIpc) is 2.77.